The molecule has 0 aromatic carbocycles. The van der Waals surface area contributed by atoms with Crippen molar-refractivity contribution in [3.8, 4) is 0 Å². The topological polar surface area (TPSA) is 80.7 Å². The monoisotopic (exact) mass is 222 g/mol. The predicted octanol–water partition coefficient (Wildman–Crippen LogP) is -0.232. The fraction of sp³-hybridized carbons (Fsp3) is 0.875. The Hall–Kier alpha value is -0.620. The maximum atomic E-state index is 11.1. The van der Waals surface area contributed by atoms with Crippen molar-refractivity contribution in [3.63, 3.8) is 0 Å². The average Bonchev–Trinajstić information content (AvgIpc) is 2.41. The van der Waals surface area contributed by atoms with E-state index in [9.17, 15) is 13.2 Å². The Morgan fingerprint density at radius 3 is 2.64 bits per heavy atom. The zero-order chi connectivity index (χ0) is 10.8. The number of carboxylic acid groups (broad SMARTS) is 1. The van der Waals surface area contributed by atoms with E-state index < -0.39 is 21.7 Å². The summed E-state index contributed by atoms with van der Waals surface area (Å²) >= 11 is 0. The summed E-state index contributed by atoms with van der Waals surface area (Å²) in [5.74, 6) is -1.89. The second-order valence-electron chi connectivity index (χ2n) is 3.56. The summed E-state index contributed by atoms with van der Waals surface area (Å²) < 4.78 is 27.0. The molecule has 82 valence electrons. The van der Waals surface area contributed by atoms with Crippen LogP contribution in [-0.2, 0) is 19.4 Å². The lowest BCUT2D eigenvalue weighted by atomic mass is 9.93. The van der Waals surface area contributed by atoms with Gasteiger partial charge >= 0.3 is 5.97 Å². The van der Waals surface area contributed by atoms with E-state index >= 15 is 0 Å². The highest BCUT2D eigenvalue weighted by atomic mass is 32.2. The van der Waals surface area contributed by atoms with Crippen LogP contribution >= 0.6 is 0 Å². The van der Waals surface area contributed by atoms with Gasteiger partial charge in [-0.15, -0.1) is 0 Å². The van der Waals surface area contributed by atoms with Crippen LogP contribution in [0.3, 0.4) is 0 Å². The number of carbonyl (C=O) groups is 1. The van der Waals surface area contributed by atoms with Crippen LogP contribution in [0.5, 0.6) is 0 Å². The molecule has 1 fully saturated rings. The van der Waals surface area contributed by atoms with Crippen molar-refractivity contribution < 1.29 is 23.1 Å². The number of aliphatic carboxylic acids is 1. The molecule has 1 aliphatic rings. The van der Waals surface area contributed by atoms with E-state index in [1.54, 1.807) is 0 Å². The van der Waals surface area contributed by atoms with Gasteiger partial charge in [0.1, 0.15) is 0 Å². The minimum Gasteiger partial charge on any atom is -0.481 e. The first-order valence-corrected chi connectivity index (χ1v) is 6.20. The van der Waals surface area contributed by atoms with E-state index in [-0.39, 0.29) is 24.0 Å². The molecule has 1 rings (SSSR count). The molecule has 0 amide bonds. The highest BCUT2D eigenvalue weighted by molar-refractivity contribution is 7.91. The van der Waals surface area contributed by atoms with Gasteiger partial charge in [-0.2, -0.15) is 0 Å². The van der Waals surface area contributed by atoms with E-state index in [1.165, 1.54) is 7.11 Å². The molecule has 1 N–H and O–H groups in total. The van der Waals surface area contributed by atoms with Crippen LogP contribution in [0.15, 0.2) is 0 Å². The quantitative estimate of drug-likeness (QED) is 0.710. The molecule has 1 heterocycles. The molecule has 2 atom stereocenters. The van der Waals surface area contributed by atoms with E-state index in [0.29, 0.717) is 6.42 Å². The first kappa shape index (κ1) is 11.5. The molecule has 0 bridgehead atoms. The fourth-order valence-electron chi connectivity index (χ4n) is 1.73. The highest BCUT2D eigenvalue weighted by Crippen LogP contribution is 2.26. The minimum absolute atomic E-state index is 0.0205. The van der Waals surface area contributed by atoms with Crippen molar-refractivity contribution in [1.29, 1.82) is 0 Å². The van der Waals surface area contributed by atoms with Crippen LogP contribution in [0.1, 0.15) is 6.42 Å². The molecule has 0 spiro atoms. The number of methoxy groups -OCH3 is 1. The second kappa shape index (κ2) is 4.27. The summed E-state index contributed by atoms with van der Waals surface area (Å²) in [7, 11) is -1.60. The van der Waals surface area contributed by atoms with Gasteiger partial charge in [0, 0.05) is 7.11 Å². The molecule has 0 aliphatic carbocycles. The Kier molecular flexibility index (Phi) is 3.49. The molecule has 0 aromatic heterocycles. The third kappa shape index (κ3) is 2.68. The van der Waals surface area contributed by atoms with Crippen LogP contribution in [0.25, 0.3) is 0 Å². The van der Waals surface area contributed by atoms with Crippen LogP contribution < -0.4 is 0 Å². The third-order valence-electron chi connectivity index (χ3n) is 2.50. The van der Waals surface area contributed by atoms with Crippen molar-refractivity contribution in [2.24, 2.45) is 11.8 Å². The largest absolute Gasteiger partial charge is 0.481 e. The Morgan fingerprint density at radius 1 is 1.64 bits per heavy atom. The van der Waals surface area contributed by atoms with Gasteiger partial charge in [-0.05, 0) is 12.3 Å². The van der Waals surface area contributed by atoms with Crippen LogP contribution in [-0.4, -0.2) is 44.7 Å². The van der Waals surface area contributed by atoms with Crippen LogP contribution in [0, 0.1) is 11.8 Å². The number of carboxylic acids is 1. The Labute approximate surface area is 83.0 Å². The zero-order valence-corrected chi connectivity index (χ0v) is 8.79. The Balaban J connectivity index is 2.67. The summed E-state index contributed by atoms with van der Waals surface area (Å²) in [6.45, 7) is 0.0789. The lowest BCUT2D eigenvalue weighted by Crippen LogP contribution is -2.28. The van der Waals surface area contributed by atoms with Gasteiger partial charge in [-0.1, -0.05) is 0 Å². The third-order valence-corrected chi connectivity index (χ3v) is 4.29. The van der Waals surface area contributed by atoms with Crippen LogP contribution in [0.4, 0.5) is 0 Å². The standard InChI is InChI=1S/C8H14O5S/c1-13-4-7(8(9)10)6-2-3-14(11,12)5-6/h6-7H,2-5H2,1H3,(H,9,10). The number of hydrogen-bond acceptors (Lipinski definition) is 4. The number of hydrogen-bond donors (Lipinski definition) is 1. The van der Waals surface area contributed by atoms with E-state index in [2.05, 4.69) is 0 Å². The molecule has 0 aromatic rings. The molecule has 6 heteroatoms. The molecule has 2 unspecified atom stereocenters. The molecule has 1 saturated heterocycles. The van der Waals surface area contributed by atoms with Gasteiger partial charge in [-0.25, -0.2) is 8.42 Å². The summed E-state index contributed by atoms with van der Waals surface area (Å²) in [5, 5.41) is 8.86. The van der Waals surface area contributed by atoms with E-state index in [1.807, 2.05) is 0 Å². The van der Waals surface area contributed by atoms with Crippen LogP contribution in [0.2, 0.25) is 0 Å². The average molecular weight is 222 g/mol. The molecule has 5 nitrogen and oxygen atoms in total. The molecular weight excluding hydrogens is 208 g/mol. The number of rotatable bonds is 4. The summed E-state index contributed by atoms with van der Waals surface area (Å²) in [6, 6.07) is 0. The number of ether oxygens (including phenoxy) is 1. The maximum absolute atomic E-state index is 11.1. The van der Waals surface area contributed by atoms with Gasteiger partial charge < -0.3 is 9.84 Å². The minimum atomic E-state index is -3.01. The zero-order valence-electron chi connectivity index (χ0n) is 7.97. The Bertz CT molecular complexity index is 308. The normalized spacial score (nSPS) is 27.4. The lowest BCUT2D eigenvalue weighted by Gasteiger charge is -2.16. The van der Waals surface area contributed by atoms with Crippen molar-refractivity contribution in [2.45, 2.75) is 6.42 Å². The first-order chi connectivity index (χ1) is 6.46. The second-order valence-corrected chi connectivity index (χ2v) is 5.79. The van der Waals surface area contributed by atoms with Gasteiger partial charge in [0.05, 0.1) is 24.0 Å². The van der Waals surface area contributed by atoms with Crippen molar-refractivity contribution in [2.75, 3.05) is 25.2 Å². The summed E-state index contributed by atoms with van der Waals surface area (Å²) in [4.78, 5) is 10.8. The van der Waals surface area contributed by atoms with Crippen molar-refractivity contribution in [1.82, 2.24) is 0 Å². The first-order valence-electron chi connectivity index (χ1n) is 4.38. The summed E-state index contributed by atoms with van der Waals surface area (Å²) in [6.07, 6.45) is 0.433. The molecule has 1 aliphatic heterocycles. The van der Waals surface area contributed by atoms with Gasteiger partial charge in [0.15, 0.2) is 9.84 Å². The van der Waals surface area contributed by atoms with Gasteiger partial charge in [-0.3, -0.25) is 4.79 Å². The smallest absolute Gasteiger partial charge is 0.309 e. The molecular formula is C8H14O5S. The summed E-state index contributed by atoms with van der Waals surface area (Å²) in [5.41, 5.74) is 0. The van der Waals surface area contributed by atoms with Gasteiger partial charge in [0.2, 0.25) is 0 Å². The van der Waals surface area contributed by atoms with Gasteiger partial charge in [0.25, 0.3) is 0 Å². The SMILES string of the molecule is COCC(C(=O)O)C1CCS(=O)(=O)C1. The fourth-order valence-corrected chi connectivity index (χ4v) is 3.61. The molecule has 0 radical (unpaired) electrons. The van der Waals surface area contributed by atoms with Crippen molar-refractivity contribution >= 4 is 15.8 Å². The molecule has 14 heavy (non-hydrogen) atoms. The predicted molar refractivity (Wildman–Crippen MR) is 49.8 cm³/mol. The number of sulfone groups is 1. The Morgan fingerprint density at radius 2 is 2.29 bits per heavy atom. The van der Waals surface area contributed by atoms with E-state index in [0.717, 1.165) is 0 Å². The van der Waals surface area contributed by atoms with Crippen molar-refractivity contribution in [3.05, 3.63) is 0 Å². The maximum Gasteiger partial charge on any atom is 0.309 e. The van der Waals surface area contributed by atoms with E-state index in [4.69, 9.17) is 9.84 Å². The highest BCUT2D eigenvalue weighted by Gasteiger charge is 2.37. The lowest BCUT2D eigenvalue weighted by molar-refractivity contribution is -0.145. The molecule has 0 saturated carbocycles.